The van der Waals surface area contributed by atoms with Gasteiger partial charge in [0, 0.05) is 15.6 Å². The number of halogens is 1. The highest BCUT2D eigenvalue weighted by Crippen LogP contribution is 2.24. The van der Waals surface area contributed by atoms with Crippen LogP contribution in [0.4, 0.5) is 0 Å². The van der Waals surface area contributed by atoms with Crippen molar-refractivity contribution in [2.75, 3.05) is 0 Å². The molecule has 0 heterocycles. The summed E-state index contributed by atoms with van der Waals surface area (Å²) < 4.78 is 0.980. The Balaban J connectivity index is 2.55. The van der Waals surface area contributed by atoms with Gasteiger partial charge in [0.2, 0.25) is 0 Å². The number of rotatable bonds is 4. The molecule has 0 aliphatic carbocycles. The molecule has 104 valence electrons. The molecular formula is C18H19BrO. The first-order valence-corrected chi connectivity index (χ1v) is 7.79. The normalized spacial score (nSPS) is 10.6. The average molecular weight is 331 g/mol. The van der Waals surface area contributed by atoms with Gasteiger partial charge >= 0.3 is 0 Å². The lowest BCUT2D eigenvalue weighted by Crippen LogP contribution is -2.08. The summed E-state index contributed by atoms with van der Waals surface area (Å²) in [6.45, 7) is 6.18. The lowest BCUT2D eigenvalue weighted by atomic mass is 9.92. The van der Waals surface area contributed by atoms with E-state index in [1.54, 1.807) is 0 Å². The molecule has 0 radical (unpaired) electrons. The standard InChI is InChI=1S/C18H19BrO/c1-4-13-9-10-14(5-2)16(11-13)18(20)15-7-6-8-17(19)12(15)3/h6-11H,4-5H2,1-3H3. The number of carbonyl (C=O) groups is 1. The summed E-state index contributed by atoms with van der Waals surface area (Å²) in [7, 11) is 0. The van der Waals surface area contributed by atoms with E-state index >= 15 is 0 Å². The number of hydrogen-bond acceptors (Lipinski definition) is 1. The van der Waals surface area contributed by atoms with Gasteiger partial charge in [0.1, 0.15) is 0 Å². The molecule has 0 bridgehead atoms. The Morgan fingerprint density at radius 2 is 1.80 bits per heavy atom. The highest BCUT2D eigenvalue weighted by molar-refractivity contribution is 9.10. The second-order valence-electron chi connectivity index (χ2n) is 4.94. The minimum atomic E-state index is 0.121. The van der Waals surface area contributed by atoms with Crippen molar-refractivity contribution < 1.29 is 4.79 Å². The summed E-state index contributed by atoms with van der Waals surface area (Å²) in [6, 6.07) is 12.0. The van der Waals surface area contributed by atoms with Crippen LogP contribution >= 0.6 is 15.9 Å². The van der Waals surface area contributed by atoms with E-state index in [1.165, 1.54) is 5.56 Å². The van der Waals surface area contributed by atoms with Crippen LogP contribution in [0.2, 0.25) is 0 Å². The Kier molecular flexibility index (Phi) is 4.77. The maximum Gasteiger partial charge on any atom is 0.193 e. The molecule has 2 heteroatoms. The molecule has 0 aromatic heterocycles. The summed E-state index contributed by atoms with van der Waals surface area (Å²) in [6.07, 6.45) is 1.82. The van der Waals surface area contributed by atoms with Gasteiger partial charge in [-0.25, -0.2) is 0 Å². The molecular weight excluding hydrogens is 312 g/mol. The van der Waals surface area contributed by atoms with Crippen LogP contribution in [0.25, 0.3) is 0 Å². The first-order chi connectivity index (χ1) is 9.58. The first-order valence-electron chi connectivity index (χ1n) is 7.00. The highest BCUT2D eigenvalue weighted by Gasteiger charge is 2.16. The average Bonchev–Trinajstić information content (AvgIpc) is 2.48. The SMILES string of the molecule is CCc1ccc(CC)c(C(=O)c2cccc(Br)c2C)c1. The molecule has 0 unspecified atom stereocenters. The monoisotopic (exact) mass is 330 g/mol. The number of hydrogen-bond donors (Lipinski definition) is 0. The van der Waals surface area contributed by atoms with Crippen LogP contribution in [-0.2, 0) is 12.8 Å². The molecule has 0 N–H and O–H groups in total. The summed E-state index contributed by atoms with van der Waals surface area (Å²) in [4.78, 5) is 12.8. The molecule has 0 saturated carbocycles. The van der Waals surface area contributed by atoms with Crippen molar-refractivity contribution in [3.05, 3.63) is 68.7 Å². The summed E-state index contributed by atoms with van der Waals surface area (Å²) >= 11 is 3.50. The molecule has 0 saturated heterocycles. The van der Waals surface area contributed by atoms with Crippen LogP contribution in [0.15, 0.2) is 40.9 Å². The minimum absolute atomic E-state index is 0.121. The second-order valence-corrected chi connectivity index (χ2v) is 5.79. The fraction of sp³-hybridized carbons (Fsp3) is 0.278. The number of benzene rings is 2. The number of carbonyl (C=O) groups excluding carboxylic acids is 1. The van der Waals surface area contributed by atoms with Gasteiger partial charge in [0.05, 0.1) is 0 Å². The Morgan fingerprint density at radius 1 is 1.05 bits per heavy atom. The Morgan fingerprint density at radius 3 is 2.45 bits per heavy atom. The fourth-order valence-corrected chi connectivity index (χ4v) is 2.73. The van der Waals surface area contributed by atoms with Crippen LogP contribution in [0.1, 0.15) is 46.5 Å². The van der Waals surface area contributed by atoms with E-state index in [2.05, 4.69) is 41.9 Å². The Bertz CT molecular complexity index is 644. The third-order valence-electron chi connectivity index (χ3n) is 3.72. The first kappa shape index (κ1) is 15.0. The van der Waals surface area contributed by atoms with Crippen molar-refractivity contribution in [1.82, 2.24) is 0 Å². The molecule has 0 fully saturated rings. The zero-order valence-corrected chi connectivity index (χ0v) is 13.8. The predicted molar refractivity (Wildman–Crippen MR) is 87.5 cm³/mol. The van der Waals surface area contributed by atoms with Crippen LogP contribution in [0.5, 0.6) is 0 Å². The molecule has 0 aliphatic heterocycles. The van der Waals surface area contributed by atoms with Gasteiger partial charge in [-0.3, -0.25) is 4.79 Å². The maximum atomic E-state index is 12.8. The van der Waals surface area contributed by atoms with Crippen molar-refractivity contribution in [1.29, 1.82) is 0 Å². The predicted octanol–water partition coefficient (Wildman–Crippen LogP) is 5.11. The van der Waals surface area contributed by atoms with Crippen LogP contribution in [0, 0.1) is 6.92 Å². The molecule has 0 spiro atoms. The van der Waals surface area contributed by atoms with Gasteiger partial charge < -0.3 is 0 Å². The smallest absolute Gasteiger partial charge is 0.193 e. The lowest BCUT2D eigenvalue weighted by Gasteiger charge is -2.11. The van der Waals surface area contributed by atoms with E-state index in [0.29, 0.717) is 0 Å². The summed E-state index contributed by atoms with van der Waals surface area (Å²) in [5, 5.41) is 0. The third-order valence-corrected chi connectivity index (χ3v) is 4.58. The topological polar surface area (TPSA) is 17.1 Å². The van der Waals surface area contributed by atoms with Gasteiger partial charge in [-0.15, -0.1) is 0 Å². The van der Waals surface area contributed by atoms with Gasteiger partial charge in [-0.05, 0) is 48.6 Å². The van der Waals surface area contributed by atoms with Gasteiger partial charge in [0.25, 0.3) is 0 Å². The van der Waals surface area contributed by atoms with Crippen molar-refractivity contribution in [2.24, 2.45) is 0 Å². The van der Waals surface area contributed by atoms with Crippen molar-refractivity contribution in [3.8, 4) is 0 Å². The van der Waals surface area contributed by atoms with E-state index in [-0.39, 0.29) is 5.78 Å². The molecule has 0 atom stereocenters. The molecule has 2 rings (SSSR count). The quantitative estimate of drug-likeness (QED) is 0.711. The number of ketones is 1. The second kappa shape index (κ2) is 6.36. The molecule has 2 aromatic rings. The van der Waals surface area contributed by atoms with Crippen LogP contribution in [-0.4, -0.2) is 5.78 Å². The summed E-state index contributed by atoms with van der Waals surface area (Å²) in [5.74, 6) is 0.121. The Labute approximate surface area is 129 Å². The van der Waals surface area contributed by atoms with Crippen molar-refractivity contribution >= 4 is 21.7 Å². The molecule has 1 nitrogen and oxygen atoms in total. The fourth-order valence-electron chi connectivity index (χ4n) is 2.36. The zero-order valence-electron chi connectivity index (χ0n) is 12.2. The lowest BCUT2D eigenvalue weighted by molar-refractivity contribution is 0.103. The van der Waals surface area contributed by atoms with Gasteiger partial charge in [-0.1, -0.05) is 54.0 Å². The molecule has 0 aliphatic rings. The van der Waals surface area contributed by atoms with Crippen LogP contribution in [0.3, 0.4) is 0 Å². The maximum absolute atomic E-state index is 12.8. The zero-order chi connectivity index (χ0) is 14.7. The van der Waals surface area contributed by atoms with Crippen molar-refractivity contribution in [2.45, 2.75) is 33.6 Å². The molecule has 2 aromatic carbocycles. The highest BCUT2D eigenvalue weighted by atomic mass is 79.9. The van der Waals surface area contributed by atoms with Crippen molar-refractivity contribution in [3.63, 3.8) is 0 Å². The van der Waals surface area contributed by atoms with Gasteiger partial charge in [0.15, 0.2) is 5.78 Å². The molecule has 0 amide bonds. The van der Waals surface area contributed by atoms with Crippen LogP contribution < -0.4 is 0 Å². The van der Waals surface area contributed by atoms with E-state index < -0.39 is 0 Å². The Hall–Kier alpha value is -1.41. The van der Waals surface area contributed by atoms with E-state index in [0.717, 1.165) is 39.6 Å². The van der Waals surface area contributed by atoms with E-state index in [4.69, 9.17) is 0 Å². The van der Waals surface area contributed by atoms with E-state index in [1.807, 2.05) is 31.2 Å². The largest absolute Gasteiger partial charge is 0.289 e. The summed E-state index contributed by atoms with van der Waals surface area (Å²) in [5.41, 5.74) is 4.95. The molecule has 20 heavy (non-hydrogen) atoms. The minimum Gasteiger partial charge on any atom is -0.289 e. The van der Waals surface area contributed by atoms with E-state index in [9.17, 15) is 4.79 Å². The third kappa shape index (κ3) is 2.85. The number of aryl methyl sites for hydroxylation is 2. The van der Waals surface area contributed by atoms with Gasteiger partial charge in [-0.2, -0.15) is 0 Å².